The van der Waals surface area contributed by atoms with Gasteiger partial charge in [0.05, 0.1) is 0 Å². The zero-order chi connectivity index (χ0) is 16.7. The monoisotopic (exact) mass is 310 g/mol. The van der Waals surface area contributed by atoms with E-state index in [9.17, 15) is 9.59 Å². The fourth-order valence-corrected chi connectivity index (χ4v) is 2.25. The third kappa shape index (κ3) is 4.68. The van der Waals surface area contributed by atoms with Crippen molar-refractivity contribution in [2.45, 2.75) is 19.9 Å². The molecule has 0 fully saturated rings. The number of nitrogens with one attached hydrogen (secondary N) is 1. The van der Waals surface area contributed by atoms with Crippen molar-refractivity contribution in [1.29, 1.82) is 0 Å². The average Bonchev–Trinajstić information content (AvgIpc) is 2.60. The van der Waals surface area contributed by atoms with Crippen LogP contribution in [0, 0.1) is 0 Å². The number of benzene rings is 2. The SMILES string of the molecule is CCCNC(=O)c1ccc(C(=O)N(C)Cc2ccccc2)cc1. The molecule has 0 saturated heterocycles. The first-order valence-corrected chi connectivity index (χ1v) is 7.79. The second kappa shape index (κ2) is 8.13. The summed E-state index contributed by atoms with van der Waals surface area (Å²) in [4.78, 5) is 25.9. The van der Waals surface area contributed by atoms with E-state index in [0.29, 0.717) is 24.2 Å². The van der Waals surface area contributed by atoms with Crippen LogP contribution in [0.2, 0.25) is 0 Å². The lowest BCUT2D eigenvalue weighted by Gasteiger charge is -2.17. The summed E-state index contributed by atoms with van der Waals surface area (Å²) in [7, 11) is 1.78. The fraction of sp³-hybridized carbons (Fsp3) is 0.263. The molecule has 23 heavy (non-hydrogen) atoms. The minimum atomic E-state index is -0.108. The fourth-order valence-electron chi connectivity index (χ4n) is 2.25. The lowest BCUT2D eigenvalue weighted by Crippen LogP contribution is -2.26. The van der Waals surface area contributed by atoms with Crippen LogP contribution in [0.15, 0.2) is 54.6 Å². The molecule has 0 aliphatic heterocycles. The zero-order valence-corrected chi connectivity index (χ0v) is 13.6. The number of nitrogens with zero attached hydrogens (tertiary/aromatic N) is 1. The lowest BCUT2D eigenvalue weighted by atomic mass is 10.1. The molecule has 2 rings (SSSR count). The third-order valence-corrected chi connectivity index (χ3v) is 3.54. The highest BCUT2D eigenvalue weighted by atomic mass is 16.2. The van der Waals surface area contributed by atoms with Crippen LogP contribution in [0.25, 0.3) is 0 Å². The quantitative estimate of drug-likeness (QED) is 0.891. The molecule has 0 atom stereocenters. The summed E-state index contributed by atoms with van der Waals surface area (Å²) in [5.41, 5.74) is 2.23. The van der Waals surface area contributed by atoms with Crippen LogP contribution in [0.1, 0.15) is 39.6 Å². The molecule has 0 unspecified atom stereocenters. The van der Waals surface area contributed by atoms with E-state index in [1.54, 1.807) is 36.2 Å². The van der Waals surface area contributed by atoms with Gasteiger partial charge in [-0.25, -0.2) is 0 Å². The summed E-state index contributed by atoms with van der Waals surface area (Å²) in [6, 6.07) is 16.6. The van der Waals surface area contributed by atoms with Gasteiger partial charge < -0.3 is 10.2 Å². The molecule has 0 radical (unpaired) electrons. The summed E-state index contributed by atoms with van der Waals surface area (Å²) in [6.07, 6.45) is 0.895. The Bertz CT molecular complexity index is 651. The zero-order valence-electron chi connectivity index (χ0n) is 13.6. The van der Waals surface area contributed by atoms with Crippen LogP contribution in [0.5, 0.6) is 0 Å². The van der Waals surface area contributed by atoms with Gasteiger partial charge in [0.15, 0.2) is 0 Å². The van der Waals surface area contributed by atoms with E-state index >= 15 is 0 Å². The number of amides is 2. The van der Waals surface area contributed by atoms with Crippen LogP contribution in [0.4, 0.5) is 0 Å². The van der Waals surface area contributed by atoms with Gasteiger partial charge in [-0.15, -0.1) is 0 Å². The molecule has 4 nitrogen and oxygen atoms in total. The maximum absolute atomic E-state index is 12.4. The molecule has 0 aliphatic carbocycles. The number of hydrogen-bond acceptors (Lipinski definition) is 2. The van der Waals surface area contributed by atoms with Crippen molar-refractivity contribution in [1.82, 2.24) is 10.2 Å². The molecule has 2 aromatic rings. The van der Waals surface area contributed by atoms with Gasteiger partial charge in [0.2, 0.25) is 0 Å². The Labute approximate surface area is 137 Å². The van der Waals surface area contributed by atoms with Crippen molar-refractivity contribution < 1.29 is 9.59 Å². The molecular weight excluding hydrogens is 288 g/mol. The van der Waals surface area contributed by atoms with E-state index in [2.05, 4.69) is 5.32 Å². The average molecular weight is 310 g/mol. The van der Waals surface area contributed by atoms with Crippen molar-refractivity contribution in [2.24, 2.45) is 0 Å². The van der Waals surface area contributed by atoms with Gasteiger partial charge in [0.1, 0.15) is 0 Å². The molecule has 0 heterocycles. The summed E-state index contributed by atoms with van der Waals surface area (Å²) < 4.78 is 0. The van der Waals surface area contributed by atoms with Crippen LogP contribution in [-0.4, -0.2) is 30.3 Å². The van der Waals surface area contributed by atoms with Gasteiger partial charge in [0.25, 0.3) is 11.8 Å². The highest BCUT2D eigenvalue weighted by Gasteiger charge is 2.13. The van der Waals surface area contributed by atoms with Crippen LogP contribution >= 0.6 is 0 Å². The first-order chi connectivity index (χ1) is 11.1. The Kier molecular flexibility index (Phi) is 5.92. The summed E-state index contributed by atoms with van der Waals surface area (Å²) >= 11 is 0. The second-order valence-electron chi connectivity index (χ2n) is 5.48. The molecule has 4 heteroatoms. The van der Waals surface area contributed by atoms with Crippen LogP contribution in [0.3, 0.4) is 0 Å². The number of carbonyl (C=O) groups excluding carboxylic acids is 2. The standard InChI is InChI=1S/C19H22N2O2/c1-3-13-20-18(22)16-9-11-17(12-10-16)19(23)21(2)14-15-7-5-4-6-8-15/h4-12H,3,13-14H2,1-2H3,(H,20,22). The first-order valence-electron chi connectivity index (χ1n) is 7.79. The lowest BCUT2D eigenvalue weighted by molar-refractivity contribution is 0.0784. The molecule has 0 bridgehead atoms. The summed E-state index contributed by atoms with van der Waals surface area (Å²) in [5, 5.41) is 2.82. The molecule has 0 aliphatic rings. The maximum Gasteiger partial charge on any atom is 0.253 e. The van der Waals surface area contributed by atoms with Crippen molar-refractivity contribution in [3.05, 3.63) is 71.3 Å². The normalized spacial score (nSPS) is 10.2. The van der Waals surface area contributed by atoms with E-state index in [1.807, 2.05) is 37.3 Å². The topological polar surface area (TPSA) is 49.4 Å². The smallest absolute Gasteiger partial charge is 0.253 e. The largest absolute Gasteiger partial charge is 0.352 e. The molecule has 0 saturated carbocycles. The van der Waals surface area contributed by atoms with Gasteiger partial charge in [-0.3, -0.25) is 9.59 Å². The Morgan fingerprint density at radius 1 is 0.957 bits per heavy atom. The molecule has 0 spiro atoms. The minimum Gasteiger partial charge on any atom is -0.352 e. The molecule has 1 N–H and O–H groups in total. The predicted octanol–water partition coefficient (Wildman–Crippen LogP) is 3.10. The van der Waals surface area contributed by atoms with Gasteiger partial charge >= 0.3 is 0 Å². The Balaban J connectivity index is 2.00. The molecular formula is C19H22N2O2. The van der Waals surface area contributed by atoms with Gasteiger partial charge in [-0.05, 0) is 36.2 Å². The Morgan fingerprint density at radius 2 is 1.57 bits per heavy atom. The molecule has 2 amide bonds. The summed E-state index contributed by atoms with van der Waals surface area (Å²) in [5.74, 6) is -0.169. The van der Waals surface area contributed by atoms with Gasteiger partial charge in [-0.1, -0.05) is 37.3 Å². The second-order valence-corrected chi connectivity index (χ2v) is 5.48. The molecule has 2 aromatic carbocycles. The Morgan fingerprint density at radius 3 is 2.17 bits per heavy atom. The van der Waals surface area contributed by atoms with E-state index in [1.165, 1.54) is 0 Å². The van der Waals surface area contributed by atoms with Crippen LogP contribution in [-0.2, 0) is 6.54 Å². The highest BCUT2D eigenvalue weighted by molar-refractivity contribution is 5.97. The van der Waals surface area contributed by atoms with E-state index in [-0.39, 0.29) is 11.8 Å². The predicted molar refractivity (Wildman–Crippen MR) is 91.3 cm³/mol. The van der Waals surface area contributed by atoms with Gasteiger partial charge in [-0.2, -0.15) is 0 Å². The number of hydrogen-bond donors (Lipinski definition) is 1. The maximum atomic E-state index is 12.4. The third-order valence-electron chi connectivity index (χ3n) is 3.54. The van der Waals surface area contributed by atoms with Crippen molar-refractivity contribution in [3.63, 3.8) is 0 Å². The van der Waals surface area contributed by atoms with Crippen molar-refractivity contribution in [2.75, 3.05) is 13.6 Å². The van der Waals surface area contributed by atoms with Crippen molar-refractivity contribution >= 4 is 11.8 Å². The summed E-state index contributed by atoms with van der Waals surface area (Å²) in [6.45, 7) is 3.21. The van der Waals surface area contributed by atoms with E-state index < -0.39 is 0 Å². The van der Waals surface area contributed by atoms with Crippen molar-refractivity contribution in [3.8, 4) is 0 Å². The number of rotatable bonds is 6. The van der Waals surface area contributed by atoms with E-state index in [0.717, 1.165) is 12.0 Å². The van der Waals surface area contributed by atoms with Crippen LogP contribution < -0.4 is 5.32 Å². The van der Waals surface area contributed by atoms with Gasteiger partial charge in [0, 0.05) is 31.3 Å². The van der Waals surface area contributed by atoms with E-state index in [4.69, 9.17) is 0 Å². The molecule has 0 aromatic heterocycles. The number of carbonyl (C=O) groups is 2. The first kappa shape index (κ1) is 16.7. The Hall–Kier alpha value is -2.62. The molecule has 120 valence electrons. The minimum absolute atomic E-state index is 0.0608. The highest BCUT2D eigenvalue weighted by Crippen LogP contribution is 2.10.